The molecule has 0 fully saturated rings. The second kappa shape index (κ2) is 9.69. The number of fused-ring (bicyclic) bond motifs is 3. The average molecular weight is 523 g/mol. The van der Waals surface area contributed by atoms with E-state index in [2.05, 4.69) is 9.44 Å². The zero-order valence-corrected chi connectivity index (χ0v) is 21.2. The number of aliphatic carboxylic acids is 2. The van der Waals surface area contributed by atoms with E-state index in [0.29, 0.717) is 22.3 Å². The molecular weight excluding hydrogens is 496 g/mol. The number of carbonyl (C=O) groups excluding carboxylic acids is 2. The molecule has 0 saturated carbocycles. The third kappa shape index (κ3) is 5.56. The van der Waals surface area contributed by atoms with Crippen molar-refractivity contribution in [2.24, 2.45) is 11.8 Å². The second-order valence-corrected chi connectivity index (χ2v) is 12.6. The van der Waals surface area contributed by atoms with Gasteiger partial charge in [0, 0.05) is 0 Å². The van der Waals surface area contributed by atoms with Crippen LogP contribution in [0.4, 0.5) is 0 Å². The molecule has 2 N–H and O–H groups in total. The molecule has 2 aromatic rings. The molecular formula is C23H26N2O8S2-2. The van der Waals surface area contributed by atoms with Crippen LogP contribution in [0.3, 0.4) is 0 Å². The number of nitrogens with one attached hydrogen (secondary N) is 2. The van der Waals surface area contributed by atoms with Crippen molar-refractivity contribution < 1.29 is 36.6 Å². The molecule has 12 heteroatoms. The van der Waals surface area contributed by atoms with E-state index >= 15 is 0 Å². The van der Waals surface area contributed by atoms with E-state index in [9.17, 15) is 36.6 Å². The SMILES string of the molecule is CC(C)[C@H](NS(=O)(=O)c1ccc2c(c1)Cc1cc(S(=O)(=O)N[C@H](C(=O)[O-])C(C)C)ccc1-2)C(=O)[O-]. The van der Waals surface area contributed by atoms with E-state index in [1.165, 1.54) is 24.3 Å². The Bertz CT molecular complexity index is 1280. The minimum absolute atomic E-state index is 0.126. The number of sulfonamides is 2. The molecule has 3 rings (SSSR count). The van der Waals surface area contributed by atoms with Crippen LogP contribution in [0.2, 0.25) is 0 Å². The minimum atomic E-state index is -4.16. The summed E-state index contributed by atoms with van der Waals surface area (Å²) in [5.74, 6) is -4.12. The van der Waals surface area contributed by atoms with Gasteiger partial charge in [0.1, 0.15) is 0 Å². The Morgan fingerprint density at radius 2 is 1.06 bits per heavy atom. The van der Waals surface area contributed by atoms with E-state index in [-0.39, 0.29) is 16.2 Å². The van der Waals surface area contributed by atoms with Crippen LogP contribution < -0.4 is 19.7 Å². The maximum atomic E-state index is 12.8. The molecule has 2 aromatic carbocycles. The van der Waals surface area contributed by atoms with Crippen molar-refractivity contribution in [3.05, 3.63) is 47.5 Å². The van der Waals surface area contributed by atoms with Crippen LogP contribution in [-0.4, -0.2) is 40.9 Å². The lowest BCUT2D eigenvalue weighted by molar-refractivity contribution is -0.310. The Balaban J connectivity index is 1.90. The molecule has 0 spiro atoms. The highest BCUT2D eigenvalue weighted by Crippen LogP contribution is 2.38. The highest BCUT2D eigenvalue weighted by molar-refractivity contribution is 7.89. The van der Waals surface area contributed by atoms with E-state index in [0.717, 1.165) is 0 Å². The molecule has 0 aromatic heterocycles. The molecule has 0 unspecified atom stereocenters. The predicted octanol–water partition coefficient (Wildman–Crippen LogP) is -0.637. The summed E-state index contributed by atoms with van der Waals surface area (Å²) in [6.45, 7) is 6.22. The molecule has 2 atom stereocenters. The van der Waals surface area contributed by atoms with Crippen LogP contribution in [0.15, 0.2) is 46.2 Å². The van der Waals surface area contributed by atoms with Crippen LogP contribution in [-0.2, 0) is 36.1 Å². The van der Waals surface area contributed by atoms with Gasteiger partial charge >= 0.3 is 0 Å². The molecule has 0 heterocycles. The van der Waals surface area contributed by atoms with Gasteiger partial charge in [-0.15, -0.1) is 0 Å². The molecule has 0 bridgehead atoms. The van der Waals surface area contributed by atoms with Crippen LogP contribution in [0.1, 0.15) is 38.8 Å². The van der Waals surface area contributed by atoms with Gasteiger partial charge in [-0.2, -0.15) is 0 Å². The minimum Gasteiger partial charge on any atom is -0.548 e. The Morgan fingerprint density at radius 1 is 0.714 bits per heavy atom. The summed E-state index contributed by atoms with van der Waals surface area (Å²) in [5.41, 5.74) is 2.67. The summed E-state index contributed by atoms with van der Waals surface area (Å²) in [6.07, 6.45) is 0.236. The summed E-state index contributed by atoms with van der Waals surface area (Å²) < 4.78 is 55.4. The third-order valence-corrected chi connectivity index (χ3v) is 8.73. The first-order valence-electron chi connectivity index (χ1n) is 10.9. The van der Waals surface area contributed by atoms with Gasteiger partial charge in [-0.1, -0.05) is 39.8 Å². The van der Waals surface area contributed by atoms with Gasteiger partial charge in [0.25, 0.3) is 0 Å². The van der Waals surface area contributed by atoms with Crippen LogP contribution in [0.5, 0.6) is 0 Å². The molecule has 190 valence electrons. The number of carboxylic acids is 2. The summed E-state index contributed by atoms with van der Waals surface area (Å²) >= 11 is 0. The van der Waals surface area contributed by atoms with Gasteiger partial charge in [-0.05, 0) is 64.8 Å². The Labute approximate surface area is 204 Å². The summed E-state index contributed by atoms with van der Waals surface area (Å²) in [7, 11) is -8.32. The average Bonchev–Trinajstić information content (AvgIpc) is 3.12. The summed E-state index contributed by atoms with van der Waals surface area (Å²) in [6, 6.07) is 5.89. The normalized spacial score (nSPS) is 15.0. The number of carboxylic acid groups (broad SMARTS) is 2. The molecule has 10 nitrogen and oxygen atoms in total. The van der Waals surface area contributed by atoms with Crippen molar-refractivity contribution in [3.8, 4) is 11.1 Å². The van der Waals surface area contributed by atoms with Gasteiger partial charge in [-0.25, -0.2) is 26.3 Å². The zero-order valence-electron chi connectivity index (χ0n) is 19.6. The first-order valence-corrected chi connectivity index (χ1v) is 13.8. The van der Waals surface area contributed by atoms with Crippen molar-refractivity contribution in [1.82, 2.24) is 9.44 Å². The number of carbonyl (C=O) groups is 2. The van der Waals surface area contributed by atoms with Crippen molar-refractivity contribution in [3.63, 3.8) is 0 Å². The first-order chi connectivity index (χ1) is 16.1. The van der Waals surface area contributed by atoms with Gasteiger partial charge in [0.05, 0.1) is 33.8 Å². The topological polar surface area (TPSA) is 173 Å². The smallest absolute Gasteiger partial charge is 0.241 e. The molecule has 1 aliphatic carbocycles. The quantitative estimate of drug-likeness (QED) is 0.354. The van der Waals surface area contributed by atoms with E-state index < -0.39 is 55.9 Å². The van der Waals surface area contributed by atoms with Gasteiger partial charge in [-0.3, -0.25) is 0 Å². The van der Waals surface area contributed by atoms with E-state index in [4.69, 9.17) is 0 Å². The van der Waals surface area contributed by atoms with Gasteiger partial charge in [0.15, 0.2) is 0 Å². The molecule has 0 amide bonds. The van der Waals surface area contributed by atoms with Crippen LogP contribution in [0.25, 0.3) is 11.1 Å². The maximum absolute atomic E-state index is 12.8. The fourth-order valence-corrected chi connectivity index (χ4v) is 6.65. The fraction of sp³-hybridized carbons (Fsp3) is 0.391. The molecule has 35 heavy (non-hydrogen) atoms. The standard InChI is InChI=1S/C23H28N2O8S2/c1-12(2)20(22(26)27)24-34(30,31)16-5-7-18-14(10-16)9-15-11-17(6-8-19(15)18)35(32,33)25-21(13(3)4)23(28)29/h5-8,10-13,20-21,24-25H,9H2,1-4H3,(H,26,27)(H,28,29)/p-2/t20-,21-/m0/s1. The lowest BCUT2D eigenvalue weighted by Gasteiger charge is -2.23. The molecule has 1 aliphatic rings. The number of hydrogen-bond acceptors (Lipinski definition) is 8. The Hall–Kier alpha value is -2.80. The summed E-state index contributed by atoms with van der Waals surface area (Å²) in [4.78, 5) is 22.4. The van der Waals surface area contributed by atoms with Crippen molar-refractivity contribution in [1.29, 1.82) is 0 Å². The third-order valence-electron chi connectivity index (χ3n) is 5.85. The van der Waals surface area contributed by atoms with Crippen molar-refractivity contribution in [2.45, 2.75) is 56.0 Å². The van der Waals surface area contributed by atoms with Crippen molar-refractivity contribution in [2.75, 3.05) is 0 Å². The molecule has 0 radical (unpaired) electrons. The van der Waals surface area contributed by atoms with E-state index in [1.54, 1.807) is 39.8 Å². The predicted molar refractivity (Wildman–Crippen MR) is 123 cm³/mol. The van der Waals surface area contributed by atoms with Gasteiger partial charge < -0.3 is 19.8 Å². The number of rotatable bonds is 10. The largest absolute Gasteiger partial charge is 0.548 e. The number of benzene rings is 2. The highest BCUT2D eigenvalue weighted by atomic mass is 32.2. The highest BCUT2D eigenvalue weighted by Gasteiger charge is 2.28. The lowest BCUT2D eigenvalue weighted by atomic mass is 10.1. The van der Waals surface area contributed by atoms with Crippen LogP contribution >= 0.6 is 0 Å². The van der Waals surface area contributed by atoms with Crippen molar-refractivity contribution >= 4 is 32.0 Å². The fourth-order valence-electron chi connectivity index (χ4n) is 3.88. The Morgan fingerprint density at radius 3 is 1.34 bits per heavy atom. The molecule has 0 saturated heterocycles. The maximum Gasteiger partial charge on any atom is 0.241 e. The van der Waals surface area contributed by atoms with E-state index in [1.807, 2.05) is 0 Å². The molecule has 0 aliphatic heterocycles. The van der Waals surface area contributed by atoms with Gasteiger partial charge in [0.2, 0.25) is 20.0 Å². The second-order valence-electron chi connectivity index (χ2n) is 9.14. The summed E-state index contributed by atoms with van der Waals surface area (Å²) in [5, 5.41) is 22.6. The Kier molecular flexibility index (Phi) is 7.42. The monoisotopic (exact) mass is 522 g/mol. The zero-order chi connectivity index (χ0) is 26.3. The number of hydrogen-bond donors (Lipinski definition) is 2. The lowest BCUT2D eigenvalue weighted by Crippen LogP contribution is -2.50. The first kappa shape index (κ1) is 26.8. The van der Waals surface area contributed by atoms with Crippen LogP contribution in [0, 0.1) is 11.8 Å².